The van der Waals surface area contributed by atoms with Crippen molar-refractivity contribution in [2.45, 2.75) is 59.4 Å². The molecule has 0 aromatic heterocycles. The Labute approximate surface area is 108 Å². The van der Waals surface area contributed by atoms with Gasteiger partial charge in [-0.2, -0.15) is 0 Å². The van der Waals surface area contributed by atoms with Crippen LogP contribution in [-0.2, 0) is 0 Å². The molecule has 1 aliphatic rings. The van der Waals surface area contributed by atoms with Crippen molar-refractivity contribution in [2.24, 2.45) is 11.3 Å². The molecule has 0 aliphatic heterocycles. The molecule has 2 heteroatoms. The van der Waals surface area contributed by atoms with Crippen molar-refractivity contribution < 1.29 is 0 Å². The zero-order chi connectivity index (χ0) is 12.9. The Kier molecular flexibility index (Phi) is 5.94. The molecule has 0 atom stereocenters. The Bertz CT molecular complexity index is 205. The van der Waals surface area contributed by atoms with Gasteiger partial charge in [-0.05, 0) is 57.9 Å². The van der Waals surface area contributed by atoms with Gasteiger partial charge in [0.15, 0.2) is 0 Å². The minimum Gasteiger partial charge on any atom is -0.319 e. The molecule has 0 spiro atoms. The molecule has 2 nitrogen and oxygen atoms in total. The number of nitrogens with one attached hydrogen (secondary N) is 1. The van der Waals surface area contributed by atoms with Crippen LogP contribution in [0.15, 0.2) is 0 Å². The molecule has 0 bridgehead atoms. The van der Waals surface area contributed by atoms with Crippen molar-refractivity contribution in [1.82, 2.24) is 10.2 Å². The van der Waals surface area contributed by atoms with Crippen molar-refractivity contribution in [3.63, 3.8) is 0 Å². The second-order valence-corrected chi connectivity index (χ2v) is 6.20. The van der Waals surface area contributed by atoms with Gasteiger partial charge in [-0.25, -0.2) is 0 Å². The maximum atomic E-state index is 3.40. The van der Waals surface area contributed by atoms with Crippen molar-refractivity contribution in [3.05, 3.63) is 0 Å². The Balaban J connectivity index is 2.59. The van der Waals surface area contributed by atoms with Crippen LogP contribution in [0.2, 0.25) is 0 Å². The fourth-order valence-electron chi connectivity index (χ4n) is 2.68. The van der Waals surface area contributed by atoms with Gasteiger partial charge in [-0.15, -0.1) is 0 Å². The van der Waals surface area contributed by atoms with Gasteiger partial charge in [0.1, 0.15) is 0 Å². The smallest absolute Gasteiger partial charge is 0.00528 e. The molecule has 0 aromatic carbocycles. The number of rotatable bonds is 9. The van der Waals surface area contributed by atoms with Gasteiger partial charge in [-0.1, -0.05) is 13.8 Å². The lowest BCUT2D eigenvalue weighted by Crippen LogP contribution is -2.46. The standard InChI is InChI=1S/C15H32N2/c1-6-15(7-2,11-16-5)12-17(13(3)4)10-14-8-9-14/h13-14,16H,6-12H2,1-5H3. The first-order valence-corrected chi connectivity index (χ1v) is 7.45. The van der Waals surface area contributed by atoms with E-state index in [4.69, 9.17) is 0 Å². The lowest BCUT2D eigenvalue weighted by atomic mass is 9.81. The molecule has 1 saturated carbocycles. The van der Waals surface area contributed by atoms with Crippen LogP contribution in [0.4, 0.5) is 0 Å². The molecule has 1 N–H and O–H groups in total. The van der Waals surface area contributed by atoms with Crippen LogP contribution < -0.4 is 5.32 Å². The van der Waals surface area contributed by atoms with E-state index in [1.807, 2.05) is 0 Å². The minimum atomic E-state index is 0.466. The predicted octanol–water partition coefficient (Wildman–Crippen LogP) is 3.13. The molecule has 0 amide bonds. The third-order valence-corrected chi connectivity index (χ3v) is 4.51. The van der Waals surface area contributed by atoms with Crippen LogP contribution in [0.1, 0.15) is 53.4 Å². The summed E-state index contributed by atoms with van der Waals surface area (Å²) >= 11 is 0. The van der Waals surface area contributed by atoms with E-state index in [2.05, 4.69) is 45.0 Å². The normalized spacial score (nSPS) is 17.1. The zero-order valence-corrected chi connectivity index (χ0v) is 12.6. The van der Waals surface area contributed by atoms with E-state index < -0.39 is 0 Å². The lowest BCUT2D eigenvalue weighted by molar-refractivity contribution is 0.107. The van der Waals surface area contributed by atoms with E-state index in [1.165, 1.54) is 38.8 Å². The van der Waals surface area contributed by atoms with Crippen LogP contribution in [-0.4, -0.2) is 37.6 Å². The molecule has 0 radical (unpaired) electrons. The van der Waals surface area contributed by atoms with E-state index in [0.717, 1.165) is 12.5 Å². The van der Waals surface area contributed by atoms with Gasteiger partial charge in [0.05, 0.1) is 0 Å². The van der Waals surface area contributed by atoms with Gasteiger partial charge in [0.2, 0.25) is 0 Å². The van der Waals surface area contributed by atoms with Crippen LogP contribution in [0.3, 0.4) is 0 Å². The van der Waals surface area contributed by atoms with Crippen molar-refractivity contribution in [1.29, 1.82) is 0 Å². The van der Waals surface area contributed by atoms with E-state index >= 15 is 0 Å². The quantitative estimate of drug-likeness (QED) is 0.666. The molecule has 0 unspecified atom stereocenters. The highest BCUT2D eigenvalue weighted by Gasteiger charge is 2.32. The number of nitrogens with zero attached hydrogens (tertiary/aromatic N) is 1. The second kappa shape index (κ2) is 6.75. The summed E-state index contributed by atoms with van der Waals surface area (Å²) in [5.74, 6) is 0.999. The molecule has 1 rings (SSSR count). The summed E-state index contributed by atoms with van der Waals surface area (Å²) in [7, 11) is 2.08. The monoisotopic (exact) mass is 240 g/mol. The highest BCUT2D eigenvalue weighted by atomic mass is 15.2. The van der Waals surface area contributed by atoms with Gasteiger partial charge in [0.25, 0.3) is 0 Å². The summed E-state index contributed by atoms with van der Waals surface area (Å²) in [5.41, 5.74) is 0.466. The van der Waals surface area contributed by atoms with E-state index in [0.29, 0.717) is 11.5 Å². The topological polar surface area (TPSA) is 15.3 Å². The summed E-state index contributed by atoms with van der Waals surface area (Å²) in [6.07, 6.45) is 5.47. The predicted molar refractivity (Wildman–Crippen MR) is 76.4 cm³/mol. The maximum Gasteiger partial charge on any atom is 0.00528 e. The summed E-state index contributed by atoms with van der Waals surface area (Å²) in [4.78, 5) is 2.71. The Morgan fingerprint density at radius 3 is 2.18 bits per heavy atom. The molecule has 0 aromatic rings. The van der Waals surface area contributed by atoms with E-state index in [-0.39, 0.29) is 0 Å². The fraction of sp³-hybridized carbons (Fsp3) is 1.00. The van der Waals surface area contributed by atoms with Crippen LogP contribution >= 0.6 is 0 Å². The molecular weight excluding hydrogens is 208 g/mol. The molecular formula is C15H32N2. The third kappa shape index (κ3) is 4.59. The summed E-state index contributed by atoms with van der Waals surface area (Å²) in [5, 5.41) is 3.40. The van der Waals surface area contributed by atoms with Gasteiger partial charge < -0.3 is 10.2 Å². The first-order chi connectivity index (χ1) is 8.06. The molecule has 0 heterocycles. The van der Waals surface area contributed by atoms with Gasteiger partial charge in [0, 0.05) is 25.7 Å². The van der Waals surface area contributed by atoms with E-state index in [1.54, 1.807) is 0 Å². The Morgan fingerprint density at radius 1 is 1.24 bits per heavy atom. The number of hydrogen-bond acceptors (Lipinski definition) is 2. The van der Waals surface area contributed by atoms with Crippen molar-refractivity contribution in [2.75, 3.05) is 26.7 Å². The minimum absolute atomic E-state index is 0.466. The van der Waals surface area contributed by atoms with Gasteiger partial charge >= 0.3 is 0 Å². The molecule has 17 heavy (non-hydrogen) atoms. The van der Waals surface area contributed by atoms with E-state index in [9.17, 15) is 0 Å². The first-order valence-electron chi connectivity index (χ1n) is 7.45. The average molecular weight is 240 g/mol. The SMILES string of the molecule is CCC(CC)(CNC)CN(CC1CC1)C(C)C. The first kappa shape index (κ1) is 15.0. The molecule has 1 aliphatic carbocycles. The Morgan fingerprint density at radius 2 is 1.82 bits per heavy atom. The highest BCUT2D eigenvalue weighted by molar-refractivity contribution is 4.86. The van der Waals surface area contributed by atoms with Crippen LogP contribution in [0, 0.1) is 11.3 Å². The largest absolute Gasteiger partial charge is 0.319 e. The third-order valence-electron chi connectivity index (χ3n) is 4.51. The summed E-state index contributed by atoms with van der Waals surface area (Å²) < 4.78 is 0. The molecule has 0 saturated heterocycles. The Hall–Kier alpha value is -0.0800. The van der Waals surface area contributed by atoms with Crippen molar-refractivity contribution >= 4 is 0 Å². The van der Waals surface area contributed by atoms with Crippen LogP contribution in [0.5, 0.6) is 0 Å². The lowest BCUT2D eigenvalue weighted by Gasteiger charge is -2.39. The highest BCUT2D eigenvalue weighted by Crippen LogP contribution is 2.33. The van der Waals surface area contributed by atoms with Gasteiger partial charge in [-0.3, -0.25) is 0 Å². The maximum absolute atomic E-state index is 3.40. The van der Waals surface area contributed by atoms with Crippen molar-refractivity contribution in [3.8, 4) is 0 Å². The average Bonchev–Trinajstić information content (AvgIpc) is 3.11. The number of hydrogen-bond donors (Lipinski definition) is 1. The zero-order valence-electron chi connectivity index (χ0n) is 12.6. The molecule has 102 valence electrons. The van der Waals surface area contributed by atoms with Crippen LogP contribution in [0.25, 0.3) is 0 Å². The second-order valence-electron chi connectivity index (χ2n) is 6.20. The summed E-state index contributed by atoms with van der Waals surface area (Å²) in [6.45, 7) is 13.1. The summed E-state index contributed by atoms with van der Waals surface area (Å²) in [6, 6.07) is 0.685. The fourth-order valence-corrected chi connectivity index (χ4v) is 2.68. The molecule has 1 fully saturated rings.